The van der Waals surface area contributed by atoms with Gasteiger partial charge in [-0.05, 0) is 24.3 Å². The lowest BCUT2D eigenvalue weighted by atomic mass is 10.1. The second-order valence-electron chi connectivity index (χ2n) is 5.47. The van der Waals surface area contributed by atoms with Crippen molar-refractivity contribution in [3.8, 4) is 5.75 Å². The van der Waals surface area contributed by atoms with Crippen LogP contribution in [0.15, 0.2) is 47.8 Å². The summed E-state index contributed by atoms with van der Waals surface area (Å²) < 4.78 is 10.8. The summed E-state index contributed by atoms with van der Waals surface area (Å²) in [7, 11) is 1.62. The van der Waals surface area contributed by atoms with E-state index in [2.05, 4.69) is 20.4 Å². The number of amides is 1. The molecule has 0 bridgehead atoms. The van der Waals surface area contributed by atoms with E-state index in [4.69, 9.17) is 9.47 Å². The van der Waals surface area contributed by atoms with Gasteiger partial charge in [-0.15, -0.1) is 0 Å². The molecular weight excluding hydrogens is 320 g/mol. The molecule has 1 saturated heterocycles. The third-order valence-electron chi connectivity index (χ3n) is 3.89. The summed E-state index contributed by atoms with van der Waals surface area (Å²) in [5, 5.41) is 4.00. The van der Waals surface area contributed by atoms with Gasteiger partial charge < -0.3 is 14.4 Å². The van der Waals surface area contributed by atoms with Gasteiger partial charge in [0.15, 0.2) is 0 Å². The van der Waals surface area contributed by atoms with E-state index in [1.165, 1.54) is 6.20 Å². The van der Waals surface area contributed by atoms with Crippen LogP contribution in [-0.4, -0.2) is 50.5 Å². The Hall–Kier alpha value is -2.93. The molecular formula is C18H20N4O3. The summed E-state index contributed by atoms with van der Waals surface area (Å²) in [6.45, 7) is 3.17. The zero-order valence-electron chi connectivity index (χ0n) is 14.0. The Morgan fingerprint density at radius 2 is 2.20 bits per heavy atom. The predicted octanol–water partition coefficient (Wildman–Crippen LogP) is 1.69. The molecule has 1 aliphatic rings. The Labute approximate surface area is 146 Å². The third-order valence-corrected chi connectivity index (χ3v) is 3.89. The molecule has 25 heavy (non-hydrogen) atoms. The molecule has 0 radical (unpaired) electrons. The second kappa shape index (κ2) is 8.25. The van der Waals surface area contributed by atoms with E-state index >= 15 is 0 Å². The number of nitrogens with zero attached hydrogens (tertiary/aromatic N) is 3. The Morgan fingerprint density at radius 1 is 1.36 bits per heavy atom. The minimum atomic E-state index is -0.312. The fraction of sp³-hybridized carbons (Fsp3) is 0.278. The number of morpholine rings is 1. The highest BCUT2D eigenvalue weighted by Gasteiger charge is 2.13. The summed E-state index contributed by atoms with van der Waals surface area (Å²) >= 11 is 0. The highest BCUT2D eigenvalue weighted by molar-refractivity contribution is 5.94. The van der Waals surface area contributed by atoms with Crippen molar-refractivity contribution >= 4 is 17.8 Å². The maximum Gasteiger partial charge on any atom is 0.272 e. The van der Waals surface area contributed by atoms with Gasteiger partial charge in [0.2, 0.25) is 0 Å². The largest absolute Gasteiger partial charge is 0.496 e. The van der Waals surface area contributed by atoms with E-state index in [1.807, 2.05) is 18.2 Å². The molecule has 1 aromatic heterocycles. The Balaban J connectivity index is 1.68. The van der Waals surface area contributed by atoms with E-state index in [0.717, 1.165) is 37.6 Å². The van der Waals surface area contributed by atoms with Crippen molar-refractivity contribution in [3.05, 3.63) is 53.9 Å². The first kappa shape index (κ1) is 16.9. The Morgan fingerprint density at radius 3 is 2.92 bits per heavy atom. The monoisotopic (exact) mass is 340 g/mol. The number of aromatic nitrogens is 1. The number of rotatable bonds is 5. The van der Waals surface area contributed by atoms with E-state index in [-0.39, 0.29) is 5.91 Å². The second-order valence-corrected chi connectivity index (χ2v) is 5.47. The van der Waals surface area contributed by atoms with Crippen LogP contribution >= 0.6 is 0 Å². The lowest BCUT2D eigenvalue weighted by Gasteiger charge is -2.29. The maximum atomic E-state index is 11.9. The molecule has 0 saturated carbocycles. The van der Waals surface area contributed by atoms with Crippen LogP contribution in [0, 0.1) is 0 Å². The van der Waals surface area contributed by atoms with E-state index in [0.29, 0.717) is 11.3 Å². The standard InChI is InChI=1S/C18H20N4O3/c1-24-17-11-16(22-7-9-25-10-8-22)5-4-14(17)13-20-21-18(23)15-3-2-6-19-12-15/h2-6,11-13H,7-10H2,1H3,(H,21,23). The zero-order valence-corrected chi connectivity index (χ0v) is 14.0. The molecule has 0 spiro atoms. The smallest absolute Gasteiger partial charge is 0.272 e. The normalized spacial score (nSPS) is 14.5. The number of hydrogen-bond donors (Lipinski definition) is 1. The fourth-order valence-electron chi connectivity index (χ4n) is 2.55. The lowest BCUT2D eigenvalue weighted by molar-refractivity contribution is 0.0954. The maximum absolute atomic E-state index is 11.9. The molecule has 3 rings (SSSR count). The number of ether oxygens (including phenoxy) is 2. The summed E-state index contributed by atoms with van der Waals surface area (Å²) in [5.41, 5.74) is 4.80. The quantitative estimate of drug-likeness (QED) is 0.662. The Bertz CT molecular complexity index is 743. The van der Waals surface area contributed by atoms with E-state index in [9.17, 15) is 4.79 Å². The summed E-state index contributed by atoms with van der Waals surface area (Å²) in [5.74, 6) is 0.386. The van der Waals surface area contributed by atoms with Gasteiger partial charge in [0.1, 0.15) is 5.75 Å². The zero-order chi connectivity index (χ0) is 17.5. The minimum Gasteiger partial charge on any atom is -0.496 e. The Kier molecular flexibility index (Phi) is 5.58. The van der Waals surface area contributed by atoms with Gasteiger partial charge in [0.05, 0.1) is 32.1 Å². The van der Waals surface area contributed by atoms with Gasteiger partial charge in [-0.25, -0.2) is 5.43 Å². The number of hydrazone groups is 1. The van der Waals surface area contributed by atoms with Crippen molar-refractivity contribution in [1.82, 2.24) is 10.4 Å². The highest BCUT2D eigenvalue weighted by atomic mass is 16.5. The molecule has 0 aliphatic carbocycles. The first-order chi connectivity index (χ1) is 12.3. The summed E-state index contributed by atoms with van der Waals surface area (Å²) in [4.78, 5) is 18.1. The molecule has 130 valence electrons. The molecule has 0 atom stereocenters. The highest BCUT2D eigenvalue weighted by Crippen LogP contribution is 2.25. The molecule has 1 N–H and O–H groups in total. The average molecular weight is 340 g/mol. The van der Waals surface area contributed by atoms with Crippen LogP contribution in [0.1, 0.15) is 15.9 Å². The minimum absolute atomic E-state index is 0.312. The van der Waals surface area contributed by atoms with Crippen molar-refractivity contribution in [2.24, 2.45) is 5.10 Å². The number of methoxy groups -OCH3 is 1. The number of carbonyl (C=O) groups excluding carboxylic acids is 1. The average Bonchev–Trinajstić information content (AvgIpc) is 2.69. The van der Waals surface area contributed by atoms with E-state index < -0.39 is 0 Å². The third kappa shape index (κ3) is 4.33. The van der Waals surface area contributed by atoms with Gasteiger partial charge in [-0.1, -0.05) is 0 Å². The van der Waals surface area contributed by atoms with Crippen LogP contribution in [0.2, 0.25) is 0 Å². The first-order valence-corrected chi connectivity index (χ1v) is 8.02. The molecule has 7 nitrogen and oxygen atoms in total. The number of nitrogens with one attached hydrogen (secondary N) is 1. The van der Waals surface area contributed by atoms with E-state index in [1.54, 1.807) is 31.7 Å². The predicted molar refractivity (Wildman–Crippen MR) is 95.3 cm³/mol. The molecule has 1 aliphatic heterocycles. The number of hydrogen-bond acceptors (Lipinski definition) is 6. The van der Waals surface area contributed by atoms with Crippen LogP contribution in [-0.2, 0) is 4.74 Å². The van der Waals surface area contributed by atoms with Gasteiger partial charge in [0.25, 0.3) is 5.91 Å². The molecule has 1 amide bonds. The molecule has 0 unspecified atom stereocenters. The van der Waals surface area contributed by atoms with Crippen LogP contribution in [0.5, 0.6) is 5.75 Å². The van der Waals surface area contributed by atoms with Crippen molar-refractivity contribution in [3.63, 3.8) is 0 Å². The molecule has 2 heterocycles. The van der Waals surface area contributed by atoms with Gasteiger partial charge >= 0.3 is 0 Å². The van der Waals surface area contributed by atoms with Crippen LogP contribution in [0.3, 0.4) is 0 Å². The van der Waals surface area contributed by atoms with Crippen molar-refractivity contribution < 1.29 is 14.3 Å². The topological polar surface area (TPSA) is 76.1 Å². The van der Waals surface area contributed by atoms with Crippen LogP contribution < -0.4 is 15.1 Å². The van der Waals surface area contributed by atoms with Crippen molar-refractivity contribution in [1.29, 1.82) is 0 Å². The number of benzene rings is 1. The number of pyridine rings is 1. The van der Waals surface area contributed by atoms with Crippen molar-refractivity contribution in [2.75, 3.05) is 38.3 Å². The first-order valence-electron chi connectivity index (χ1n) is 8.02. The molecule has 2 aromatic rings. The van der Waals surface area contributed by atoms with Crippen LogP contribution in [0.25, 0.3) is 0 Å². The number of carbonyl (C=O) groups is 1. The van der Waals surface area contributed by atoms with Gasteiger partial charge in [-0.2, -0.15) is 5.10 Å². The summed E-state index contributed by atoms with van der Waals surface area (Å²) in [6, 6.07) is 9.28. The lowest BCUT2D eigenvalue weighted by Crippen LogP contribution is -2.36. The summed E-state index contributed by atoms with van der Waals surface area (Å²) in [6.07, 6.45) is 4.67. The molecule has 1 fully saturated rings. The molecule has 1 aromatic carbocycles. The van der Waals surface area contributed by atoms with Crippen molar-refractivity contribution in [2.45, 2.75) is 0 Å². The van der Waals surface area contributed by atoms with Gasteiger partial charge in [0, 0.05) is 42.8 Å². The molecule has 7 heteroatoms. The number of anilines is 1. The SMILES string of the molecule is COc1cc(N2CCOCC2)ccc1C=NNC(=O)c1cccnc1. The fourth-order valence-corrected chi connectivity index (χ4v) is 2.55. The van der Waals surface area contributed by atoms with Gasteiger partial charge in [-0.3, -0.25) is 9.78 Å². The van der Waals surface area contributed by atoms with Crippen LogP contribution in [0.4, 0.5) is 5.69 Å².